The zero-order valence-electron chi connectivity index (χ0n) is 10.7. The molecule has 0 radical (unpaired) electrons. The molecule has 0 aliphatic heterocycles. The number of thioether (sulfide) groups is 1. The number of rotatable bonds is 7. The molecule has 0 aromatic carbocycles. The summed E-state index contributed by atoms with van der Waals surface area (Å²) in [6.45, 7) is 7.13. The highest BCUT2D eigenvalue weighted by Gasteiger charge is 2.05. The van der Waals surface area contributed by atoms with Crippen LogP contribution in [0.1, 0.15) is 20.8 Å². The van der Waals surface area contributed by atoms with E-state index in [9.17, 15) is 0 Å². The number of hydrogen-bond acceptors (Lipinski definition) is 6. The molecule has 96 valence electrons. The SMILES string of the molecule is CCNc1cc(NC(C)CSCC)nc(N)n1. The average molecular weight is 255 g/mol. The molecule has 0 saturated carbocycles. The largest absolute Gasteiger partial charge is 0.370 e. The molecule has 0 bridgehead atoms. The van der Waals surface area contributed by atoms with Crippen LogP contribution in [0.15, 0.2) is 6.07 Å². The van der Waals surface area contributed by atoms with Crippen molar-refractivity contribution in [3.05, 3.63) is 6.07 Å². The third kappa shape index (κ3) is 5.12. The molecule has 0 saturated heterocycles. The second-order valence-electron chi connectivity index (χ2n) is 3.73. The van der Waals surface area contributed by atoms with Crippen molar-refractivity contribution < 1.29 is 0 Å². The van der Waals surface area contributed by atoms with E-state index in [1.54, 1.807) is 0 Å². The van der Waals surface area contributed by atoms with Crippen molar-refractivity contribution in [1.82, 2.24) is 9.97 Å². The Morgan fingerprint density at radius 2 is 2.06 bits per heavy atom. The summed E-state index contributed by atoms with van der Waals surface area (Å²) in [6.07, 6.45) is 0. The summed E-state index contributed by atoms with van der Waals surface area (Å²) in [7, 11) is 0. The van der Waals surface area contributed by atoms with Gasteiger partial charge in [0.15, 0.2) is 0 Å². The van der Waals surface area contributed by atoms with Gasteiger partial charge in [0.2, 0.25) is 5.95 Å². The standard InChI is InChI=1S/C11H21N5S/c1-4-13-9-6-10(16-11(12)15-9)14-8(3)7-17-5-2/h6,8H,4-5,7H2,1-3H3,(H4,12,13,14,15,16). The van der Waals surface area contributed by atoms with Crippen molar-refractivity contribution in [2.24, 2.45) is 0 Å². The lowest BCUT2D eigenvalue weighted by Gasteiger charge is -2.14. The van der Waals surface area contributed by atoms with E-state index in [-0.39, 0.29) is 0 Å². The summed E-state index contributed by atoms with van der Waals surface area (Å²) in [5.74, 6) is 4.01. The molecule has 0 fully saturated rings. The van der Waals surface area contributed by atoms with Crippen molar-refractivity contribution in [1.29, 1.82) is 0 Å². The van der Waals surface area contributed by atoms with Gasteiger partial charge in [-0.25, -0.2) is 0 Å². The summed E-state index contributed by atoms with van der Waals surface area (Å²) in [5, 5.41) is 6.45. The molecule has 5 nitrogen and oxygen atoms in total. The topological polar surface area (TPSA) is 75.9 Å². The van der Waals surface area contributed by atoms with Crippen LogP contribution in [0.3, 0.4) is 0 Å². The first-order valence-electron chi connectivity index (χ1n) is 5.88. The average Bonchev–Trinajstić information content (AvgIpc) is 2.26. The summed E-state index contributed by atoms with van der Waals surface area (Å²) >= 11 is 1.90. The zero-order valence-corrected chi connectivity index (χ0v) is 11.5. The summed E-state index contributed by atoms with van der Waals surface area (Å²) in [4.78, 5) is 8.27. The first kappa shape index (κ1) is 13.9. The van der Waals surface area contributed by atoms with Crippen LogP contribution in [0.5, 0.6) is 0 Å². The Labute approximate surface area is 107 Å². The lowest BCUT2D eigenvalue weighted by Crippen LogP contribution is -2.19. The minimum atomic E-state index is 0.293. The first-order chi connectivity index (χ1) is 8.15. The van der Waals surface area contributed by atoms with Crippen LogP contribution in [0.4, 0.5) is 17.6 Å². The Bertz CT molecular complexity index is 345. The molecule has 0 aliphatic carbocycles. The summed E-state index contributed by atoms with van der Waals surface area (Å²) in [6, 6.07) is 2.25. The highest BCUT2D eigenvalue weighted by Crippen LogP contribution is 2.14. The molecule has 0 amide bonds. The summed E-state index contributed by atoms with van der Waals surface area (Å²) in [5.41, 5.74) is 5.66. The van der Waals surface area contributed by atoms with Gasteiger partial charge < -0.3 is 16.4 Å². The van der Waals surface area contributed by atoms with E-state index in [0.717, 1.165) is 29.7 Å². The maximum atomic E-state index is 5.66. The molecule has 0 aliphatic rings. The van der Waals surface area contributed by atoms with Gasteiger partial charge in [0.05, 0.1) is 0 Å². The normalized spacial score (nSPS) is 12.2. The second kappa shape index (κ2) is 7.21. The quantitative estimate of drug-likeness (QED) is 0.692. The lowest BCUT2D eigenvalue weighted by molar-refractivity contribution is 0.900. The fraction of sp³-hybridized carbons (Fsp3) is 0.636. The van der Waals surface area contributed by atoms with Gasteiger partial charge in [-0.3, -0.25) is 0 Å². The van der Waals surface area contributed by atoms with E-state index < -0.39 is 0 Å². The third-order valence-corrected chi connectivity index (χ3v) is 3.21. The van der Waals surface area contributed by atoms with Crippen molar-refractivity contribution >= 4 is 29.3 Å². The van der Waals surface area contributed by atoms with Gasteiger partial charge in [-0.15, -0.1) is 0 Å². The number of hydrogen-bond donors (Lipinski definition) is 3. The maximum absolute atomic E-state index is 5.66. The van der Waals surface area contributed by atoms with Crippen LogP contribution in [0, 0.1) is 0 Å². The molecule has 1 unspecified atom stereocenters. The number of anilines is 3. The molecular formula is C11H21N5S. The Balaban J connectivity index is 2.63. The van der Waals surface area contributed by atoms with Gasteiger partial charge >= 0.3 is 0 Å². The minimum absolute atomic E-state index is 0.293. The van der Waals surface area contributed by atoms with Crippen molar-refractivity contribution in [2.75, 3.05) is 34.4 Å². The van der Waals surface area contributed by atoms with Gasteiger partial charge in [-0.2, -0.15) is 21.7 Å². The Morgan fingerprint density at radius 3 is 2.71 bits per heavy atom. The van der Waals surface area contributed by atoms with E-state index in [1.807, 2.05) is 24.8 Å². The fourth-order valence-corrected chi connectivity index (χ4v) is 2.07. The van der Waals surface area contributed by atoms with Crippen molar-refractivity contribution in [2.45, 2.75) is 26.8 Å². The molecule has 4 N–H and O–H groups in total. The molecule has 17 heavy (non-hydrogen) atoms. The predicted octanol–water partition coefficient (Wildman–Crippen LogP) is 2.04. The number of nitrogens with zero attached hydrogens (tertiary/aromatic N) is 2. The molecular weight excluding hydrogens is 234 g/mol. The number of aromatic nitrogens is 2. The predicted molar refractivity (Wildman–Crippen MR) is 76.7 cm³/mol. The molecule has 1 aromatic rings. The number of nitrogens with one attached hydrogen (secondary N) is 2. The number of nitrogen functional groups attached to an aromatic ring is 1. The molecule has 1 atom stereocenters. The zero-order chi connectivity index (χ0) is 12.7. The van der Waals surface area contributed by atoms with Crippen LogP contribution >= 0.6 is 11.8 Å². The monoisotopic (exact) mass is 255 g/mol. The Hall–Kier alpha value is -1.17. The van der Waals surface area contributed by atoms with Crippen LogP contribution in [-0.4, -0.2) is 34.1 Å². The minimum Gasteiger partial charge on any atom is -0.370 e. The van der Waals surface area contributed by atoms with Crippen LogP contribution < -0.4 is 16.4 Å². The summed E-state index contributed by atoms with van der Waals surface area (Å²) < 4.78 is 0. The maximum Gasteiger partial charge on any atom is 0.223 e. The van der Waals surface area contributed by atoms with Gasteiger partial charge in [0.1, 0.15) is 11.6 Å². The highest BCUT2D eigenvalue weighted by atomic mass is 32.2. The fourth-order valence-electron chi connectivity index (χ4n) is 1.40. The van der Waals surface area contributed by atoms with Gasteiger partial charge in [-0.05, 0) is 19.6 Å². The molecule has 1 aromatic heterocycles. The van der Waals surface area contributed by atoms with Crippen LogP contribution in [0.25, 0.3) is 0 Å². The van der Waals surface area contributed by atoms with E-state index in [2.05, 4.69) is 34.4 Å². The van der Waals surface area contributed by atoms with Gasteiger partial charge in [0, 0.05) is 24.4 Å². The van der Waals surface area contributed by atoms with Crippen molar-refractivity contribution in [3.8, 4) is 0 Å². The molecule has 1 heterocycles. The van der Waals surface area contributed by atoms with Gasteiger partial charge in [0.25, 0.3) is 0 Å². The number of nitrogens with two attached hydrogens (primary N) is 1. The lowest BCUT2D eigenvalue weighted by atomic mass is 10.4. The Kier molecular flexibility index (Phi) is 5.90. The van der Waals surface area contributed by atoms with E-state index in [4.69, 9.17) is 5.73 Å². The first-order valence-corrected chi connectivity index (χ1v) is 7.03. The highest BCUT2D eigenvalue weighted by molar-refractivity contribution is 7.99. The van der Waals surface area contributed by atoms with Gasteiger partial charge in [-0.1, -0.05) is 6.92 Å². The van der Waals surface area contributed by atoms with E-state index in [0.29, 0.717) is 12.0 Å². The van der Waals surface area contributed by atoms with Crippen LogP contribution in [0.2, 0.25) is 0 Å². The smallest absolute Gasteiger partial charge is 0.223 e. The van der Waals surface area contributed by atoms with Crippen molar-refractivity contribution in [3.63, 3.8) is 0 Å². The Morgan fingerprint density at radius 1 is 1.35 bits per heavy atom. The third-order valence-electron chi connectivity index (χ3n) is 2.07. The van der Waals surface area contributed by atoms with Crippen LogP contribution in [-0.2, 0) is 0 Å². The molecule has 0 spiro atoms. The van der Waals surface area contributed by atoms with E-state index >= 15 is 0 Å². The molecule has 1 rings (SSSR count). The molecule has 6 heteroatoms. The van der Waals surface area contributed by atoms with E-state index in [1.165, 1.54) is 0 Å². The second-order valence-corrected chi connectivity index (χ2v) is 5.05.